The summed E-state index contributed by atoms with van der Waals surface area (Å²) in [5.74, 6) is -0.602. The average Bonchev–Trinajstić information content (AvgIpc) is 3.22. The molecule has 0 spiro atoms. The lowest BCUT2D eigenvalue weighted by Gasteiger charge is -2.27. The summed E-state index contributed by atoms with van der Waals surface area (Å²) < 4.78 is 0. The van der Waals surface area contributed by atoms with E-state index in [2.05, 4.69) is 67.8 Å². The Morgan fingerprint density at radius 1 is 0.421 bits per heavy atom. The van der Waals surface area contributed by atoms with Gasteiger partial charge >= 0.3 is 0 Å². The zero-order chi connectivity index (χ0) is 41.7. The fraction of sp³-hybridized carbons (Fsp3) is 0.824. The van der Waals surface area contributed by atoms with Crippen LogP contribution in [0.25, 0.3) is 0 Å². The topological polar surface area (TPSA) is 110 Å². The summed E-state index contributed by atoms with van der Waals surface area (Å²) in [6.07, 6.45) is 55.8. The van der Waals surface area contributed by atoms with E-state index in [4.69, 9.17) is 0 Å². The molecule has 0 aromatic carbocycles. The number of hydrogen-bond acceptors (Lipinski definition) is 5. The van der Waals surface area contributed by atoms with E-state index in [0.29, 0.717) is 19.3 Å². The average molecular weight is 802 g/mol. The van der Waals surface area contributed by atoms with E-state index in [9.17, 15) is 25.2 Å². The van der Waals surface area contributed by atoms with Crippen LogP contribution in [0.15, 0.2) is 48.6 Å². The highest BCUT2D eigenvalue weighted by molar-refractivity contribution is 5.80. The highest BCUT2D eigenvalue weighted by Gasteiger charge is 2.28. The summed E-state index contributed by atoms with van der Waals surface area (Å²) in [6, 6.07) is -1.01. The molecule has 0 heterocycles. The van der Waals surface area contributed by atoms with Crippen molar-refractivity contribution < 1.29 is 25.2 Å². The standard InChI is InChI=1S/C51H95NO5/c1-3-5-7-9-11-13-15-17-19-21-22-23-24-25-26-27-28-29-31-33-35-37-39-41-43-45-49(55)51(57)52-47(46-53)50(56)48(54)44-42-40-38-36-34-32-30-20-18-16-14-12-10-8-6-4-2/h12,14,20,25-26,30,36,38,47-50,53-56H,3-11,13,15-19,21-24,27-29,31-35,37,39-46H2,1-2H3,(H,52,57)/b14-12+,26-25-,30-20+,38-36+. The Morgan fingerprint density at radius 2 is 0.737 bits per heavy atom. The molecule has 57 heavy (non-hydrogen) atoms. The van der Waals surface area contributed by atoms with Crippen molar-refractivity contribution in [3.8, 4) is 0 Å². The third-order valence-corrected chi connectivity index (χ3v) is 11.2. The van der Waals surface area contributed by atoms with Crippen LogP contribution in [-0.4, -0.2) is 57.3 Å². The molecule has 0 radical (unpaired) electrons. The van der Waals surface area contributed by atoms with E-state index in [1.165, 1.54) is 154 Å². The van der Waals surface area contributed by atoms with Crippen LogP contribution in [0.1, 0.15) is 239 Å². The monoisotopic (exact) mass is 802 g/mol. The van der Waals surface area contributed by atoms with Gasteiger partial charge in [-0.1, -0.05) is 197 Å². The first kappa shape index (κ1) is 55.3. The Labute approximate surface area is 353 Å². The first-order valence-electron chi connectivity index (χ1n) is 24.5. The molecule has 4 unspecified atom stereocenters. The Morgan fingerprint density at radius 3 is 1.14 bits per heavy atom. The van der Waals surface area contributed by atoms with Crippen LogP contribution in [0.5, 0.6) is 0 Å². The molecule has 0 aliphatic rings. The molecule has 4 atom stereocenters. The van der Waals surface area contributed by atoms with Crippen LogP contribution in [0.2, 0.25) is 0 Å². The minimum Gasteiger partial charge on any atom is -0.394 e. The van der Waals surface area contributed by atoms with Gasteiger partial charge in [-0.15, -0.1) is 0 Å². The van der Waals surface area contributed by atoms with E-state index in [-0.39, 0.29) is 0 Å². The molecule has 0 aliphatic carbocycles. The highest BCUT2D eigenvalue weighted by atomic mass is 16.3. The van der Waals surface area contributed by atoms with Crippen molar-refractivity contribution in [2.75, 3.05) is 6.61 Å². The number of aliphatic hydroxyl groups is 4. The lowest BCUT2D eigenvalue weighted by atomic mass is 10.00. The summed E-state index contributed by atoms with van der Waals surface area (Å²) in [4.78, 5) is 12.5. The molecule has 0 saturated heterocycles. The number of nitrogens with one attached hydrogen (secondary N) is 1. The fourth-order valence-electron chi connectivity index (χ4n) is 7.31. The Balaban J connectivity index is 3.73. The molecule has 0 aliphatic heterocycles. The smallest absolute Gasteiger partial charge is 0.249 e. The molecule has 0 rings (SSSR count). The second-order valence-corrected chi connectivity index (χ2v) is 16.8. The number of rotatable bonds is 44. The first-order chi connectivity index (χ1) is 28.0. The lowest BCUT2D eigenvalue weighted by molar-refractivity contribution is -0.132. The second-order valence-electron chi connectivity index (χ2n) is 16.8. The van der Waals surface area contributed by atoms with Crippen molar-refractivity contribution in [3.05, 3.63) is 48.6 Å². The number of hydrogen-bond donors (Lipinski definition) is 5. The summed E-state index contributed by atoms with van der Waals surface area (Å²) in [6.45, 7) is 4.01. The molecule has 0 aromatic heterocycles. The van der Waals surface area contributed by atoms with E-state index >= 15 is 0 Å². The van der Waals surface area contributed by atoms with Gasteiger partial charge in [0.1, 0.15) is 12.2 Å². The molecular formula is C51H95NO5. The van der Waals surface area contributed by atoms with Gasteiger partial charge in [0, 0.05) is 0 Å². The predicted molar refractivity (Wildman–Crippen MR) is 247 cm³/mol. The summed E-state index contributed by atoms with van der Waals surface area (Å²) in [7, 11) is 0. The molecule has 6 nitrogen and oxygen atoms in total. The van der Waals surface area contributed by atoms with Crippen molar-refractivity contribution in [2.45, 2.75) is 263 Å². The minimum atomic E-state index is -1.29. The fourth-order valence-corrected chi connectivity index (χ4v) is 7.31. The van der Waals surface area contributed by atoms with Gasteiger partial charge in [-0.25, -0.2) is 0 Å². The van der Waals surface area contributed by atoms with Crippen molar-refractivity contribution in [1.29, 1.82) is 0 Å². The van der Waals surface area contributed by atoms with Gasteiger partial charge in [0.25, 0.3) is 0 Å². The van der Waals surface area contributed by atoms with Gasteiger partial charge in [-0.05, 0) is 89.9 Å². The third kappa shape index (κ3) is 39.5. The van der Waals surface area contributed by atoms with Gasteiger partial charge in [0.2, 0.25) is 5.91 Å². The Bertz CT molecular complexity index is 946. The molecule has 0 aromatic rings. The van der Waals surface area contributed by atoms with Gasteiger partial charge in [-0.2, -0.15) is 0 Å². The van der Waals surface area contributed by atoms with Gasteiger partial charge in [0.05, 0.1) is 18.8 Å². The SMILES string of the molecule is CCCCC/C=C/CC/C=C/CC/C=C/CCCC(O)C(O)C(CO)NC(=O)C(O)CCCCCCCCCCC/C=C\CCCCCCCCCCCCCC. The van der Waals surface area contributed by atoms with E-state index in [1.807, 2.05) is 0 Å². The van der Waals surface area contributed by atoms with Crippen LogP contribution in [0.3, 0.4) is 0 Å². The maximum absolute atomic E-state index is 12.5. The van der Waals surface area contributed by atoms with E-state index in [1.54, 1.807) is 0 Å². The zero-order valence-corrected chi connectivity index (χ0v) is 37.6. The van der Waals surface area contributed by atoms with E-state index in [0.717, 1.165) is 51.4 Å². The van der Waals surface area contributed by atoms with E-state index < -0.39 is 36.9 Å². The molecule has 0 saturated carbocycles. The molecular weight excluding hydrogens is 707 g/mol. The quantitative estimate of drug-likeness (QED) is 0.0311. The van der Waals surface area contributed by atoms with Gasteiger partial charge in [-0.3, -0.25) is 4.79 Å². The Kier molecular flexibility index (Phi) is 44.0. The summed E-state index contributed by atoms with van der Waals surface area (Å²) in [5, 5.41) is 43.7. The highest BCUT2D eigenvalue weighted by Crippen LogP contribution is 2.15. The Hall–Kier alpha value is -1.73. The maximum atomic E-state index is 12.5. The predicted octanol–water partition coefficient (Wildman–Crippen LogP) is 13.5. The molecule has 0 bridgehead atoms. The summed E-state index contributed by atoms with van der Waals surface area (Å²) in [5.41, 5.74) is 0. The lowest BCUT2D eigenvalue weighted by Crippen LogP contribution is -2.53. The first-order valence-corrected chi connectivity index (χ1v) is 24.5. The minimum absolute atomic E-state index is 0.355. The van der Waals surface area contributed by atoms with Crippen LogP contribution in [0.4, 0.5) is 0 Å². The maximum Gasteiger partial charge on any atom is 0.249 e. The number of amides is 1. The van der Waals surface area contributed by atoms with Crippen molar-refractivity contribution in [2.24, 2.45) is 0 Å². The van der Waals surface area contributed by atoms with Crippen LogP contribution >= 0.6 is 0 Å². The molecule has 1 amide bonds. The molecule has 6 heteroatoms. The van der Waals surface area contributed by atoms with Crippen molar-refractivity contribution in [1.82, 2.24) is 5.32 Å². The summed E-state index contributed by atoms with van der Waals surface area (Å²) >= 11 is 0. The zero-order valence-electron chi connectivity index (χ0n) is 37.6. The number of aliphatic hydroxyl groups excluding tert-OH is 4. The number of carbonyl (C=O) groups excluding carboxylic acids is 1. The number of allylic oxidation sites excluding steroid dienone is 8. The van der Waals surface area contributed by atoms with Crippen LogP contribution < -0.4 is 5.32 Å². The van der Waals surface area contributed by atoms with Gasteiger partial charge in [0.15, 0.2) is 0 Å². The van der Waals surface area contributed by atoms with Crippen molar-refractivity contribution >= 4 is 5.91 Å². The number of unbranched alkanes of at least 4 members (excludes halogenated alkanes) is 27. The van der Waals surface area contributed by atoms with Crippen LogP contribution in [0, 0.1) is 0 Å². The van der Waals surface area contributed by atoms with Crippen LogP contribution in [-0.2, 0) is 4.79 Å². The van der Waals surface area contributed by atoms with Gasteiger partial charge < -0.3 is 25.7 Å². The molecule has 5 N–H and O–H groups in total. The van der Waals surface area contributed by atoms with Crippen molar-refractivity contribution in [3.63, 3.8) is 0 Å². The normalized spacial score (nSPS) is 14.4. The third-order valence-electron chi connectivity index (χ3n) is 11.2. The molecule has 0 fully saturated rings. The largest absolute Gasteiger partial charge is 0.394 e. The second kappa shape index (κ2) is 45.4. The number of carbonyl (C=O) groups is 1. The molecule has 334 valence electrons.